The zero-order valence-electron chi connectivity index (χ0n) is 12.5. The Hall–Kier alpha value is -2.21. The zero-order valence-corrected chi connectivity index (χ0v) is 13.3. The smallest absolute Gasteiger partial charge is 0.257 e. The summed E-state index contributed by atoms with van der Waals surface area (Å²) in [6, 6.07) is 5.38. The quantitative estimate of drug-likeness (QED) is 0.893. The van der Waals surface area contributed by atoms with E-state index in [2.05, 4.69) is 15.6 Å². The van der Waals surface area contributed by atoms with E-state index >= 15 is 0 Å². The van der Waals surface area contributed by atoms with Gasteiger partial charge in [-0.3, -0.25) is 14.9 Å². The first-order valence-electron chi connectivity index (χ1n) is 7.21. The van der Waals surface area contributed by atoms with Crippen LogP contribution in [0.3, 0.4) is 0 Å². The standard InChI is InChI=1S/C16H17N3O2S/c1-9-10(2)22-16(17-9)19-15(21)12-6-7-13-11(8-12)4-3-5-14(20)18-13/h6-8H,3-5H2,1-2H3,(H,18,20)(H,17,19,21). The number of nitrogens with zero attached hydrogens (tertiary/aromatic N) is 1. The summed E-state index contributed by atoms with van der Waals surface area (Å²) in [6.45, 7) is 3.90. The van der Waals surface area contributed by atoms with Gasteiger partial charge < -0.3 is 5.32 Å². The maximum Gasteiger partial charge on any atom is 0.257 e. The Morgan fingerprint density at radius 1 is 1.32 bits per heavy atom. The molecule has 0 aliphatic carbocycles. The van der Waals surface area contributed by atoms with Gasteiger partial charge >= 0.3 is 0 Å². The van der Waals surface area contributed by atoms with Crippen LogP contribution in [0.4, 0.5) is 10.8 Å². The van der Waals surface area contributed by atoms with Crippen LogP contribution in [0.25, 0.3) is 0 Å². The van der Waals surface area contributed by atoms with Crippen molar-refractivity contribution in [1.82, 2.24) is 4.98 Å². The fourth-order valence-electron chi connectivity index (χ4n) is 2.41. The minimum atomic E-state index is -0.174. The van der Waals surface area contributed by atoms with E-state index in [0.29, 0.717) is 17.1 Å². The highest BCUT2D eigenvalue weighted by molar-refractivity contribution is 7.15. The van der Waals surface area contributed by atoms with E-state index in [1.54, 1.807) is 12.1 Å². The highest BCUT2D eigenvalue weighted by Gasteiger charge is 2.16. The number of hydrogen-bond donors (Lipinski definition) is 2. The molecule has 22 heavy (non-hydrogen) atoms. The van der Waals surface area contributed by atoms with Crippen molar-refractivity contribution in [3.8, 4) is 0 Å². The lowest BCUT2D eigenvalue weighted by Gasteiger charge is -2.09. The van der Waals surface area contributed by atoms with Gasteiger partial charge in [-0.15, -0.1) is 11.3 Å². The van der Waals surface area contributed by atoms with Crippen LogP contribution in [0, 0.1) is 13.8 Å². The van der Waals surface area contributed by atoms with Gasteiger partial charge in [0.1, 0.15) is 0 Å². The molecule has 0 saturated carbocycles. The molecule has 0 atom stereocenters. The first-order chi connectivity index (χ1) is 10.5. The Bertz CT molecular complexity index is 732. The SMILES string of the molecule is Cc1nc(NC(=O)c2ccc3c(c2)CCCC(=O)N3)sc1C. The number of hydrogen-bond acceptors (Lipinski definition) is 4. The summed E-state index contributed by atoms with van der Waals surface area (Å²) >= 11 is 1.47. The number of aromatic nitrogens is 1. The lowest BCUT2D eigenvalue weighted by atomic mass is 10.0. The lowest BCUT2D eigenvalue weighted by molar-refractivity contribution is -0.116. The summed E-state index contributed by atoms with van der Waals surface area (Å²) < 4.78 is 0. The van der Waals surface area contributed by atoms with E-state index in [4.69, 9.17) is 0 Å². The van der Waals surface area contributed by atoms with E-state index in [0.717, 1.165) is 34.7 Å². The minimum absolute atomic E-state index is 0.0321. The normalized spacial score (nSPS) is 14.0. The largest absolute Gasteiger partial charge is 0.326 e. The number of carbonyl (C=O) groups is 2. The Morgan fingerprint density at radius 2 is 2.14 bits per heavy atom. The predicted octanol–water partition coefficient (Wildman–Crippen LogP) is 3.29. The number of thiazole rings is 1. The van der Waals surface area contributed by atoms with E-state index in [9.17, 15) is 9.59 Å². The summed E-state index contributed by atoms with van der Waals surface area (Å²) in [5.41, 5.74) is 3.33. The molecule has 0 bridgehead atoms. The van der Waals surface area contributed by atoms with Crippen molar-refractivity contribution in [2.24, 2.45) is 0 Å². The van der Waals surface area contributed by atoms with Crippen LogP contribution >= 0.6 is 11.3 Å². The maximum atomic E-state index is 12.3. The summed E-state index contributed by atoms with van der Waals surface area (Å²) in [4.78, 5) is 29.3. The van der Waals surface area contributed by atoms with Crippen LogP contribution in [-0.2, 0) is 11.2 Å². The second-order valence-corrected chi connectivity index (χ2v) is 6.59. The van der Waals surface area contributed by atoms with Gasteiger partial charge in [-0.25, -0.2) is 4.98 Å². The second kappa shape index (κ2) is 5.88. The van der Waals surface area contributed by atoms with E-state index < -0.39 is 0 Å². The molecule has 1 aliphatic heterocycles. The summed E-state index contributed by atoms with van der Waals surface area (Å²) in [6.07, 6.45) is 2.12. The number of aryl methyl sites for hydroxylation is 3. The number of rotatable bonds is 2. The van der Waals surface area contributed by atoms with Gasteiger partial charge in [-0.05, 0) is 50.5 Å². The molecule has 0 unspecified atom stereocenters. The van der Waals surface area contributed by atoms with Gasteiger partial charge in [0.2, 0.25) is 5.91 Å². The summed E-state index contributed by atoms with van der Waals surface area (Å²) in [7, 11) is 0. The monoisotopic (exact) mass is 315 g/mol. The maximum absolute atomic E-state index is 12.3. The predicted molar refractivity (Wildman–Crippen MR) is 87.6 cm³/mol. The average Bonchev–Trinajstić information content (AvgIpc) is 2.68. The third-order valence-corrected chi connectivity index (χ3v) is 4.73. The molecule has 2 aromatic rings. The van der Waals surface area contributed by atoms with Crippen LogP contribution < -0.4 is 10.6 Å². The Kier molecular flexibility index (Phi) is 3.94. The first kappa shape index (κ1) is 14.7. The number of benzene rings is 1. The molecule has 1 aliphatic rings. The molecular weight excluding hydrogens is 298 g/mol. The number of fused-ring (bicyclic) bond motifs is 1. The summed E-state index contributed by atoms with van der Waals surface area (Å²) in [5.74, 6) is -0.142. The molecule has 3 rings (SSSR count). The molecule has 0 spiro atoms. The first-order valence-corrected chi connectivity index (χ1v) is 8.03. The molecule has 1 aromatic carbocycles. The Balaban J connectivity index is 1.81. The Labute approximate surface area is 132 Å². The van der Waals surface area contributed by atoms with Gasteiger partial charge in [0.25, 0.3) is 5.91 Å². The van der Waals surface area contributed by atoms with Crippen molar-refractivity contribution in [3.05, 3.63) is 39.9 Å². The lowest BCUT2D eigenvalue weighted by Crippen LogP contribution is -2.13. The fourth-order valence-corrected chi connectivity index (χ4v) is 3.22. The fraction of sp³-hybridized carbons (Fsp3) is 0.312. The topological polar surface area (TPSA) is 71.1 Å². The van der Waals surface area contributed by atoms with Gasteiger partial charge in [0.05, 0.1) is 5.69 Å². The van der Waals surface area contributed by atoms with E-state index in [1.807, 2.05) is 19.9 Å². The highest BCUT2D eigenvalue weighted by atomic mass is 32.1. The van der Waals surface area contributed by atoms with Crippen molar-refractivity contribution in [1.29, 1.82) is 0 Å². The Morgan fingerprint density at radius 3 is 2.86 bits per heavy atom. The van der Waals surface area contributed by atoms with Crippen LogP contribution in [0.1, 0.15) is 39.3 Å². The molecule has 2 N–H and O–H groups in total. The number of anilines is 2. The van der Waals surface area contributed by atoms with Gasteiger partial charge in [-0.1, -0.05) is 0 Å². The van der Waals surface area contributed by atoms with E-state index in [1.165, 1.54) is 11.3 Å². The van der Waals surface area contributed by atoms with Crippen LogP contribution in [0.5, 0.6) is 0 Å². The molecule has 114 valence electrons. The van der Waals surface area contributed by atoms with Crippen molar-refractivity contribution >= 4 is 34.0 Å². The molecule has 0 saturated heterocycles. The van der Waals surface area contributed by atoms with Crippen molar-refractivity contribution in [3.63, 3.8) is 0 Å². The molecule has 5 nitrogen and oxygen atoms in total. The molecule has 2 heterocycles. The zero-order chi connectivity index (χ0) is 15.7. The highest BCUT2D eigenvalue weighted by Crippen LogP contribution is 2.25. The van der Waals surface area contributed by atoms with Gasteiger partial charge in [0, 0.05) is 22.5 Å². The van der Waals surface area contributed by atoms with Crippen LogP contribution in [-0.4, -0.2) is 16.8 Å². The molecule has 2 amide bonds. The number of carbonyl (C=O) groups excluding carboxylic acids is 2. The van der Waals surface area contributed by atoms with E-state index in [-0.39, 0.29) is 11.8 Å². The summed E-state index contributed by atoms with van der Waals surface area (Å²) in [5, 5.41) is 6.31. The molecule has 0 radical (unpaired) electrons. The molecule has 1 aromatic heterocycles. The minimum Gasteiger partial charge on any atom is -0.326 e. The van der Waals surface area contributed by atoms with Gasteiger partial charge in [-0.2, -0.15) is 0 Å². The van der Waals surface area contributed by atoms with Crippen LogP contribution in [0.15, 0.2) is 18.2 Å². The van der Waals surface area contributed by atoms with Crippen molar-refractivity contribution < 1.29 is 9.59 Å². The molecule has 6 heteroatoms. The molecule has 0 fully saturated rings. The van der Waals surface area contributed by atoms with Gasteiger partial charge in [0.15, 0.2) is 5.13 Å². The average molecular weight is 315 g/mol. The third kappa shape index (κ3) is 3.01. The number of nitrogens with one attached hydrogen (secondary N) is 2. The molecular formula is C16H17N3O2S. The van der Waals surface area contributed by atoms with Crippen LogP contribution in [0.2, 0.25) is 0 Å². The van der Waals surface area contributed by atoms with Crippen molar-refractivity contribution in [2.45, 2.75) is 33.1 Å². The van der Waals surface area contributed by atoms with Crippen molar-refractivity contribution in [2.75, 3.05) is 10.6 Å². The number of amides is 2. The third-order valence-electron chi connectivity index (χ3n) is 3.74. The second-order valence-electron chi connectivity index (χ2n) is 5.39.